The molecule has 0 aliphatic carbocycles. The van der Waals surface area contributed by atoms with Crippen molar-refractivity contribution in [3.05, 3.63) is 23.3 Å². The van der Waals surface area contributed by atoms with Crippen LogP contribution in [0.2, 0.25) is 0 Å². The van der Waals surface area contributed by atoms with Gasteiger partial charge in [-0.2, -0.15) is 0 Å². The second-order valence-electron chi connectivity index (χ2n) is 3.87. The van der Waals surface area contributed by atoms with Gasteiger partial charge in [0, 0.05) is 6.20 Å². The summed E-state index contributed by atoms with van der Waals surface area (Å²) >= 11 is 0. The van der Waals surface area contributed by atoms with Crippen molar-refractivity contribution in [2.75, 3.05) is 0 Å². The lowest BCUT2D eigenvalue weighted by molar-refractivity contribution is 0.361. The fraction of sp³-hybridized carbons (Fsp3) is 0.636. The molecule has 0 amide bonds. The number of rotatable bonds is 3. The van der Waals surface area contributed by atoms with E-state index in [1.807, 2.05) is 13.8 Å². The van der Waals surface area contributed by atoms with Crippen LogP contribution in [0, 0.1) is 13.8 Å². The third-order valence-corrected chi connectivity index (χ3v) is 2.54. The number of hydrogen-bond acceptors (Lipinski definition) is 3. The van der Waals surface area contributed by atoms with Crippen molar-refractivity contribution in [1.29, 1.82) is 0 Å². The van der Waals surface area contributed by atoms with Gasteiger partial charge >= 0.3 is 0 Å². The molecule has 1 aromatic rings. The lowest BCUT2D eigenvalue weighted by atomic mass is 10.1. The van der Waals surface area contributed by atoms with Crippen molar-refractivity contribution in [2.45, 2.75) is 45.8 Å². The van der Waals surface area contributed by atoms with Crippen LogP contribution in [-0.4, -0.2) is 16.1 Å². The van der Waals surface area contributed by atoms with E-state index in [2.05, 4.69) is 16.9 Å². The summed E-state index contributed by atoms with van der Waals surface area (Å²) in [7, 11) is 0. The number of nitrogens with zero attached hydrogens (tertiary/aromatic N) is 2. The molecule has 0 aromatic carbocycles. The monoisotopic (exact) mass is 192 g/mol. The summed E-state index contributed by atoms with van der Waals surface area (Å²) in [6.45, 7) is 6.13. The number of aryl methyl sites for hydroxylation is 2. The normalized spacial score (nSPS) is 25.1. The molecule has 1 aliphatic rings. The van der Waals surface area contributed by atoms with Crippen LogP contribution in [0.3, 0.4) is 0 Å². The lowest BCUT2D eigenvalue weighted by Gasteiger charge is -2.01. The molecule has 1 aromatic heterocycles. The summed E-state index contributed by atoms with van der Waals surface area (Å²) in [4.78, 5) is 8.77. The van der Waals surface area contributed by atoms with Crippen LogP contribution in [0.15, 0.2) is 6.20 Å². The zero-order chi connectivity index (χ0) is 10.1. The van der Waals surface area contributed by atoms with E-state index in [1.54, 1.807) is 6.20 Å². The first-order chi connectivity index (χ1) is 6.72. The molecule has 0 saturated carbocycles. The van der Waals surface area contributed by atoms with Gasteiger partial charge < -0.3 is 4.74 Å². The molecule has 0 spiro atoms. The third kappa shape index (κ3) is 1.77. The van der Waals surface area contributed by atoms with Crippen molar-refractivity contribution in [1.82, 2.24) is 9.97 Å². The average molecular weight is 192 g/mol. The fourth-order valence-corrected chi connectivity index (χ4v) is 1.71. The van der Waals surface area contributed by atoms with Crippen LogP contribution in [0.4, 0.5) is 0 Å². The van der Waals surface area contributed by atoms with E-state index in [0.717, 1.165) is 23.5 Å². The Labute approximate surface area is 84.5 Å². The fourth-order valence-electron chi connectivity index (χ4n) is 1.71. The van der Waals surface area contributed by atoms with Crippen molar-refractivity contribution >= 4 is 0 Å². The van der Waals surface area contributed by atoms with E-state index >= 15 is 0 Å². The minimum Gasteiger partial charge on any atom is -0.363 e. The van der Waals surface area contributed by atoms with Gasteiger partial charge in [-0.05, 0) is 20.3 Å². The molecule has 0 N–H and O–H groups in total. The molecule has 3 nitrogen and oxygen atoms in total. The van der Waals surface area contributed by atoms with Crippen LogP contribution in [0.1, 0.15) is 43.0 Å². The topological polar surface area (TPSA) is 38.3 Å². The van der Waals surface area contributed by atoms with Gasteiger partial charge in [-0.25, -0.2) is 0 Å². The Balaban J connectivity index is 2.14. The first-order valence-electron chi connectivity index (χ1n) is 5.18. The van der Waals surface area contributed by atoms with Gasteiger partial charge in [0.1, 0.15) is 6.10 Å². The molecule has 1 fully saturated rings. The Morgan fingerprint density at radius 2 is 2.21 bits per heavy atom. The predicted molar refractivity (Wildman–Crippen MR) is 54.0 cm³/mol. The molecule has 1 saturated heterocycles. The SMILES string of the molecule is CCC[C@@H]1O[C@H]1c1nc(C)cnc1C. The third-order valence-electron chi connectivity index (χ3n) is 2.54. The number of ether oxygens (including phenoxy) is 1. The Kier molecular flexibility index (Phi) is 2.50. The maximum Gasteiger partial charge on any atom is 0.128 e. The van der Waals surface area contributed by atoms with E-state index in [1.165, 1.54) is 6.42 Å². The van der Waals surface area contributed by atoms with Gasteiger partial charge in [0.2, 0.25) is 0 Å². The molecule has 3 heteroatoms. The quantitative estimate of drug-likeness (QED) is 0.690. The van der Waals surface area contributed by atoms with Gasteiger partial charge in [0.05, 0.1) is 23.2 Å². The van der Waals surface area contributed by atoms with Gasteiger partial charge in [0.25, 0.3) is 0 Å². The van der Waals surface area contributed by atoms with Gasteiger partial charge in [-0.3, -0.25) is 9.97 Å². The van der Waals surface area contributed by atoms with Crippen LogP contribution in [-0.2, 0) is 4.74 Å². The minimum absolute atomic E-state index is 0.211. The highest BCUT2D eigenvalue weighted by atomic mass is 16.6. The Hall–Kier alpha value is -0.960. The van der Waals surface area contributed by atoms with Crippen LogP contribution < -0.4 is 0 Å². The van der Waals surface area contributed by atoms with Crippen molar-refractivity contribution < 1.29 is 4.74 Å². The van der Waals surface area contributed by atoms with Crippen molar-refractivity contribution in [3.63, 3.8) is 0 Å². The van der Waals surface area contributed by atoms with Gasteiger partial charge in [0.15, 0.2) is 0 Å². The van der Waals surface area contributed by atoms with E-state index in [-0.39, 0.29) is 6.10 Å². The molecule has 0 unspecified atom stereocenters. The molecule has 0 bridgehead atoms. The second kappa shape index (κ2) is 3.65. The number of hydrogen-bond donors (Lipinski definition) is 0. The molecule has 2 atom stereocenters. The standard InChI is InChI=1S/C11H16N2O/c1-4-5-9-11(14-9)10-8(3)12-6-7(2)13-10/h6,9,11H,4-5H2,1-3H3/t9-,11+/m0/s1. The van der Waals surface area contributed by atoms with Crippen molar-refractivity contribution in [3.8, 4) is 0 Å². The van der Waals surface area contributed by atoms with Gasteiger partial charge in [-0.1, -0.05) is 13.3 Å². The van der Waals surface area contributed by atoms with Crippen LogP contribution >= 0.6 is 0 Å². The van der Waals surface area contributed by atoms with Gasteiger partial charge in [-0.15, -0.1) is 0 Å². The first-order valence-corrected chi connectivity index (χ1v) is 5.18. The number of aromatic nitrogens is 2. The molecule has 76 valence electrons. The van der Waals surface area contributed by atoms with E-state index in [4.69, 9.17) is 4.74 Å². The summed E-state index contributed by atoms with van der Waals surface area (Å²) in [6.07, 6.45) is 4.69. The average Bonchev–Trinajstić information content (AvgIpc) is 2.89. The summed E-state index contributed by atoms with van der Waals surface area (Å²) in [5.41, 5.74) is 3.00. The van der Waals surface area contributed by atoms with E-state index < -0.39 is 0 Å². The molecule has 2 heterocycles. The first kappa shape index (κ1) is 9.59. The Morgan fingerprint density at radius 3 is 2.93 bits per heavy atom. The largest absolute Gasteiger partial charge is 0.363 e. The molecule has 14 heavy (non-hydrogen) atoms. The maximum atomic E-state index is 5.58. The van der Waals surface area contributed by atoms with E-state index in [0.29, 0.717) is 6.10 Å². The zero-order valence-corrected chi connectivity index (χ0v) is 8.95. The zero-order valence-electron chi connectivity index (χ0n) is 8.95. The van der Waals surface area contributed by atoms with E-state index in [9.17, 15) is 0 Å². The molecule has 1 aliphatic heterocycles. The highest BCUT2D eigenvalue weighted by Gasteiger charge is 2.41. The summed E-state index contributed by atoms with van der Waals surface area (Å²) in [5.74, 6) is 0. The van der Waals surface area contributed by atoms with Crippen LogP contribution in [0.5, 0.6) is 0 Å². The molecule has 2 rings (SSSR count). The second-order valence-corrected chi connectivity index (χ2v) is 3.87. The minimum atomic E-state index is 0.211. The lowest BCUT2D eigenvalue weighted by Crippen LogP contribution is -1.99. The predicted octanol–water partition coefficient (Wildman–Crippen LogP) is 2.33. The molecular weight excluding hydrogens is 176 g/mol. The summed E-state index contributed by atoms with van der Waals surface area (Å²) in [5, 5.41) is 0. The summed E-state index contributed by atoms with van der Waals surface area (Å²) in [6, 6.07) is 0. The number of epoxide rings is 1. The highest BCUT2D eigenvalue weighted by molar-refractivity contribution is 5.19. The highest BCUT2D eigenvalue weighted by Crippen LogP contribution is 2.41. The smallest absolute Gasteiger partial charge is 0.128 e. The van der Waals surface area contributed by atoms with Crippen molar-refractivity contribution in [2.24, 2.45) is 0 Å². The maximum absolute atomic E-state index is 5.58. The Bertz CT molecular complexity index is 338. The van der Waals surface area contributed by atoms with Crippen LogP contribution in [0.25, 0.3) is 0 Å². The molecule has 0 radical (unpaired) electrons. The summed E-state index contributed by atoms with van der Waals surface area (Å²) < 4.78 is 5.58. The molecular formula is C11H16N2O. The Morgan fingerprint density at radius 1 is 1.43 bits per heavy atom.